The second-order valence-electron chi connectivity index (χ2n) is 3.69. The van der Waals surface area contributed by atoms with Crippen LogP contribution >= 0.6 is 0 Å². The van der Waals surface area contributed by atoms with Crippen LogP contribution in [0.2, 0.25) is 0 Å². The first-order valence-corrected chi connectivity index (χ1v) is 5.88. The van der Waals surface area contributed by atoms with Crippen LogP contribution in [0.3, 0.4) is 0 Å². The molecule has 2 heterocycles. The fraction of sp³-hybridized carbons (Fsp3) is 0.364. The molecule has 2 aromatic heterocycles. The molecule has 20 heavy (non-hydrogen) atoms. The van der Waals surface area contributed by atoms with Gasteiger partial charge in [0.05, 0.1) is 7.11 Å². The number of anilines is 1. The maximum absolute atomic E-state index is 11.2. The van der Waals surface area contributed by atoms with E-state index in [2.05, 4.69) is 25.4 Å². The van der Waals surface area contributed by atoms with Gasteiger partial charge in [0.1, 0.15) is 0 Å². The lowest BCUT2D eigenvalue weighted by Gasteiger charge is -2.07. The van der Waals surface area contributed by atoms with E-state index < -0.39 is 0 Å². The minimum absolute atomic E-state index is 0.0268. The van der Waals surface area contributed by atoms with Crippen molar-refractivity contribution in [1.82, 2.24) is 24.7 Å². The maximum atomic E-state index is 11.2. The predicted octanol–water partition coefficient (Wildman–Crippen LogP) is 0.198. The summed E-state index contributed by atoms with van der Waals surface area (Å²) < 4.78 is 11.5. The second-order valence-corrected chi connectivity index (χ2v) is 3.69. The standard InChI is InChI=1S/C11H14N6O3/c1-4-12-9-13-10(19-3)15-11(14-9)20-7-5-6-8(18)17(2)16-7/h5-6H,4H2,1-3H3,(H,12,13,14,15). The molecule has 2 aromatic rings. The van der Waals surface area contributed by atoms with Crippen LogP contribution in [0, 0.1) is 0 Å². The summed E-state index contributed by atoms with van der Waals surface area (Å²) in [5, 5.41) is 6.85. The molecule has 0 unspecified atom stereocenters. The first-order valence-electron chi connectivity index (χ1n) is 5.88. The zero-order chi connectivity index (χ0) is 14.5. The van der Waals surface area contributed by atoms with Gasteiger partial charge in [-0.1, -0.05) is 0 Å². The Morgan fingerprint density at radius 2 is 2.00 bits per heavy atom. The van der Waals surface area contributed by atoms with Gasteiger partial charge in [-0.05, 0) is 6.92 Å². The van der Waals surface area contributed by atoms with Gasteiger partial charge in [-0.25, -0.2) is 4.68 Å². The van der Waals surface area contributed by atoms with Crippen molar-refractivity contribution in [3.63, 3.8) is 0 Å². The monoisotopic (exact) mass is 278 g/mol. The molecule has 0 saturated heterocycles. The fourth-order valence-corrected chi connectivity index (χ4v) is 1.34. The van der Waals surface area contributed by atoms with Crippen molar-refractivity contribution in [3.05, 3.63) is 22.5 Å². The van der Waals surface area contributed by atoms with E-state index in [0.29, 0.717) is 12.5 Å². The maximum Gasteiger partial charge on any atom is 0.331 e. The number of hydrogen-bond acceptors (Lipinski definition) is 8. The van der Waals surface area contributed by atoms with Crippen molar-refractivity contribution < 1.29 is 9.47 Å². The summed E-state index contributed by atoms with van der Waals surface area (Å²) in [4.78, 5) is 23.2. The lowest BCUT2D eigenvalue weighted by molar-refractivity contribution is 0.353. The van der Waals surface area contributed by atoms with Crippen molar-refractivity contribution in [1.29, 1.82) is 0 Å². The highest BCUT2D eigenvalue weighted by Crippen LogP contribution is 2.17. The van der Waals surface area contributed by atoms with Crippen molar-refractivity contribution in [2.75, 3.05) is 19.0 Å². The summed E-state index contributed by atoms with van der Waals surface area (Å²) in [5.74, 6) is 0.530. The van der Waals surface area contributed by atoms with Crippen LogP contribution < -0.4 is 20.3 Å². The molecule has 1 N–H and O–H groups in total. The lowest BCUT2D eigenvalue weighted by Crippen LogP contribution is -2.18. The Morgan fingerprint density at radius 1 is 1.25 bits per heavy atom. The van der Waals surface area contributed by atoms with Crippen LogP contribution in [0.25, 0.3) is 0 Å². The average molecular weight is 278 g/mol. The quantitative estimate of drug-likeness (QED) is 0.827. The van der Waals surface area contributed by atoms with Crippen molar-refractivity contribution in [3.8, 4) is 17.9 Å². The molecule has 0 aromatic carbocycles. The second kappa shape index (κ2) is 5.95. The minimum atomic E-state index is -0.237. The normalized spacial score (nSPS) is 10.2. The number of aromatic nitrogens is 5. The first-order chi connectivity index (χ1) is 9.62. The number of aryl methyl sites for hydroxylation is 1. The van der Waals surface area contributed by atoms with Gasteiger partial charge >= 0.3 is 12.0 Å². The third kappa shape index (κ3) is 3.19. The Bertz CT molecular complexity index is 657. The molecule has 0 radical (unpaired) electrons. The Morgan fingerprint density at radius 3 is 2.65 bits per heavy atom. The summed E-state index contributed by atoms with van der Waals surface area (Å²) in [6, 6.07) is 2.92. The van der Waals surface area contributed by atoms with E-state index in [1.807, 2.05) is 6.92 Å². The predicted molar refractivity (Wildman–Crippen MR) is 70.1 cm³/mol. The Kier molecular flexibility index (Phi) is 4.08. The molecular formula is C11H14N6O3. The van der Waals surface area contributed by atoms with Gasteiger partial charge in [-0.3, -0.25) is 4.79 Å². The van der Waals surface area contributed by atoms with Gasteiger partial charge in [0.15, 0.2) is 0 Å². The van der Waals surface area contributed by atoms with Crippen LogP contribution in [-0.2, 0) is 7.05 Å². The summed E-state index contributed by atoms with van der Waals surface area (Å²) in [6.07, 6.45) is 0. The van der Waals surface area contributed by atoms with E-state index in [0.717, 1.165) is 4.68 Å². The van der Waals surface area contributed by atoms with Gasteiger partial charge in [-0.15, -0.1) is 10.1 Å². The molecule has 0 amide bonds. The zero-order valence-electron chi connectivity index (χ0n) is 11.3. The van der Waals surface area contributed by atoms with Crippen molar-refractivity contribution in [2.24, 2.45) is 7.05 Å². The molecule has 106 valence electrons. The van der Waals surface area contributed by atoms with Gasteiger partial charge in [0, 0.05) is 25.7 Å². The first kappa shape index (κ1) is 13.7. The third-order valence-corrected chi connectivity index (χ3v) is 2.24. The summed E-state index contributed by atoms with van der Waals surface area (Å²) >= 11 is 0. The number of hydrogen-bond donors (Lipinski definition) is 1. The molecule has 0 bridgehead atoms. The third-order valence-electron chi connectivity index (χ3n) is 2.24. The number of ether oxygens (including phenoxy) is 2. The average Bonchev–Trinajstić information content (AvgIpc) is 2.43. The number of nitrogens with zero attached hydrogens (tertiary/aromatic N) is 5. The van der Waals surface area contributed by atoms with Gasteiger partial charge < -0.3 is 14.8 Å². The van der Waals surface area contributed by atoms with Crippen molar-refractivity contribution in [2.45, 2.75) is 6.92 Å². The molecule has 0 aliphatic heterocycles. The number of methoxy groups -OCH3 is 1. The Labute approximate surface area is 114 Å². The Balaban J connectivity index is 2.29. The van der Waals surface area contributed by atoms with E-state index in [9.17, 15) is 4.79 Å². The fourth-order valence-electron chi connectivity index (χ4n) is 1.34. The molecular weight excluding hydrogens is 264 g/mol. The van der Waals surface area contributed by atoms with Crippen LogP contribution in [0.4, 0.5) is 5.95 Å². The van der Waals surface area contributed by atoms with Crippen LogP contribution in [0.5, 0.6) is 17.9 Å². The number of rotatable bonds is 5. The Hall–Kier alpha value is -2.71. The largest absolute Gasteiger partial charge is 0.467 e. The molecule has 0 aliphatic carbocycles. The molecule has 0 atom stereocenters. The van der Waals surface area contributed by atoms with E-state index in [-0.39, 0.29) is 23.5 Å². The van der Waals surface area contributed by atoms with Crippen LogP contribution in [0.1, 0.15) is 6.92 Å². The van der Waals surface area contributed by atoms with E-state index in [1.165, 1.54) is 26.3 Å². The van der Waals surface area contributed by atoms with E-state index in [4.69, 9.17) is 9.47 Å². The molecule has 0 aliphatic rings. The van der Waals surface area contributed by atoms with Gasteiger partial charge in [0.2, 0.25) is 11.8 Å². The molecule has 9 nitrogen and oxygen atoms in total. The minimum Gasteiger partial charge on any atom is -0.467 e. The van der Waals surface area contributed by atoms with Gasteiger partial charge in [-0.2, -0.15) is 9.97 Å². The highest BCUT2D eigenvalue weighted by molar-refractivity contribution is 5.28. The smallest absolute Gasteiger partial charge is 0.331 e. The lowest BCUT2D eigenvalue weighted by atomic mass is 10.5. The number of nitrogens with one attached hydrogen (secondary N) is 1. The SMILES string of the molecule is CCNc1nc(OC)nc(Oc2ccc(=O)n(C)n2)n1. The van der Waals surface area contributed by atoms with Crippen molar-refractivity contribution >= 4 is 5.95 Å². The molecule has 9 heteroatoms. The molecule has 0 saturated carbocycles. The summed E-state index contributed by atoms with van der Waals surface area (Å²) in [5.41, 5.74) is -0.237. The van der Waals surface area contributed by atoms with E-state index in [1.54, 1.807) is 0 Å². The topological polar surface area (TPSA) is 104 Å². The van der Waals surface area contributed by atoms with Crippen LogP contribution in [-0.4, -0.2) is 38.4 Å². The highest BCUT2D eigenvalue weighted by atomic mass is 16.5. The van der Waals surface area contributed by atoms with Crippen LogP contribution in [0.15, 0.2) is 16.9 Å². The summed E-state index contributed by atoms with van der Waals surface area (Å²) in [6.45, 7) is 2.55. The zero-order valence-corrected chi connectivity index (χ0v) is 11.3. The molecule has 0 spiro atoms. The molecule has 0 fully saturated rings. The highest BCUT2D eigenvalue weighted by Gasteiger charge is 2.09. The molecule has 2 rings (SSSR count). The summed E-state index contributed by atoms with van der Waals surface area (Å²) in [7, 11) is 2.96. The van der Waals surface area contributed by atoms with E-state index >= 15 is 0 Å². The van der Waals surface area contributed by atoms with Gasteiger partial charge in [0.25, 0.3) is 5.56 Å².